The average molecular weight is 439 g/mol. The zero-order chi connectivity index (χ0) is 21.1. The molecule has 3 aromatic heterocycles. The Morgan fingerprint density at radius 3 is 2.80 bits per heavy atom. The minimum absolute atomic E-state index is 0.147. The van der Waals surface area contributed by atoms with Crippen LogP contribution in [0.15, 0.2) is 59.2 Å². The number of carbonyl (C=O) groups is 2. The normalized spacial score (nSPS) is 10.9. The highest BCUT2D eigenvalue weighted by Crippen LogP contribution is 2.27. The fourth-order valence-electron chi connectivity index (χ4n) is 2.85. The first-order valence-corrected chi connectivity index (χ1v) is 10.9. The van der Waals surface area contributed by atoms with Crippen LogP contribution in [0, 0.1) is 6.92 Å². The molecule has 152 valence electrons. The number of amides is 1. The van der Waals surface area contributed by atoms with Crippen molar-refractivity contribution in [2.45, 2.75) is 11.9 Å². The van der Waals surface area contributed by atoms with Crippen LogP contribution >= 0.6 is 23.1 Å². The molecule has 0 aliphatic heterocycles. The van der Waals surface area contributed by atoms with Gasteiger partial charge >= 0.3 is 5.97 Å². The first kappa shape index (κ1) is 20.1. The Balaban J connectivity index is 1.49. The minimum atomic E-state index is -0.470. The van der Waals surface area contributed by atoms with Gasteiger partial charge in [-0.15, -0.1) is 11.3 Å². The third-order valence-electron chi connectivity index (χ3n) is 4.35. The van der Waals surface area contributed by atoms with Gasteiger partial charge in [0.25, 0.3) is 0 Å². The Bertz CT molecular complexity index is 1210. The number of fused-ring (bicyclic) bond motifs is 1. The molecule has 1 amide bonds. The lowest BCUT2D eigenvalue weighted by Crippen LogP contribution is -2.16. The number of hydrogen-bond acceptors (Lipinski definition) is 7. The summed E-state index contributed by atoms with van der Waals surface area (Å²) in [6.07, 6.45) is 3.44. The number of thioether (sulfide) groups is 1. The predicted octanol–water partition coefficient (Wildman–Crippen LogP) is 4.28. The number of esters is 1. The minimum Gasteiger partial charge on any atom is -0.465 e. The number of thiophene rings is 1. The van der Waals surface area contributed by atoms with Crippen molar-refractivity contribution in [2.24, 2.45) is 0 Å². The lowest BCUT2D eigenvalue weighted by atomic mass is 10.1. The van der Waals surface area contributed by atoms with Gasteiger partial charge in [0, 0.05) is 18.0 Å². The SMILES string of the molecule is COC(=O)c1sccc1NC(=O)CSc1nccn2nc(-c3ccc(C)cc3)cc12. The van der Waals surface area contributed by atoms with E-state index in [0.29, 0.717) is 15.6 Å². The summed E-state index contributed by atoms with van der Waals surface area (Å²) < 4.78 is 6.50. The van der Waals surface area contributed by atoms with Gasteiger partial charge in [0.2, 0.25) is 5.91 Å². The van der Waals surface area contributed by atoms with Gasteiger partial charge in [0.1, 0.15) is 9.90 Å². The van der Waals surface area contributed by atoms with Crippen molar-refractivity contribution in [3.05, 3.63) is 64.6 Å². The van der Waals surface area contributed by atoms with Crippen LogP contribution in [0.5, 0.6) is 0 Å². The summed E-state index contributed by atoms with van der Waals surface area (Å²) in [5, 5.41) is 9.81. The first-order valence-electron chi connectivity index (χ1n) is 9.05. The molecule has 0 aliphatic carbocycles. The zero-order valence-corrected chi connectivity index (χ0v) is 17.9. The summed E-state index contributed by atoms with van der Waals surface area (Å²) in [5.74, 6) is -0.554. The van der Waals surface area contributed by atoms with Gasteiger partial charge in [-0.3, -0.25) is 4.79 Å². The number of hydrogen-bond donors (Lipinski definition) is 1. The molecule has 30 heavy (non-hydrogen) atoms. The van der Waals surface area contributed by atoms with E-state index < -0.39 is 5.97 Å². The van der Waals surface area contributed by atoms with Gasteiger partial charge in [0.05, 0.1) is 29.8 Å². The van der Waals surface area contributed by atoms with Crippen LogP contribution in [0.2, 0.25) is 0 Å². The van der Waals surface area contributed by atoms with Crippen LogP contribution in [0.1, 0.15) is 15.2 Å². The molecule has 7 nitrogen and oxygen atoms in total. The van der Waals surface area contributed by atoms with Gasteiger partial charge < -0.3 is 10.1 Å². The zero-order valence-electron chi connectivity index (χ0n) is 16.3. The predicted molar refractivity (Wildman–Crippen MR) is 118 cm³/mol. The number of aromatic nitrogens is 3. The lowest BCUT2D eigenvalue weighted by Gasteiger charge is -2.06. The van der Waals surface area contributed by atoms with Crippen molar-refractivity contribution < 1.29 is 14.3 Å². The van der Waals surface area contributed by atoms with E-state index in [4.69, 9.17) is 4.74 Å². The Kier molecular flexibility index (Phi) is 5.82. The maximum atomic E-state index is 12.4. The summed E-state index contributed by atoms with van der Waals surface area (Å²) in [6, 6.07) is 11.8. The molecule has 9 heteroatoms. The van der Waals surface area contributed by atoms with Crippen LogP contribution < -0.4 is 5.32 Å². The van der Waals surface area contributed by atoms with E-state index >= 15 is 0 Å². The summed E-state index contributed by atoms with van der Waals surface area (Å²) in [7, 11) is 1.31. The van der Waals surface area contributed by atoms with Crippen LogP contribution in [-0.2, 0) is 9.53 Å². The molecule has 1 N–H and O–H groups in total. The summed E-state index contributed by atoms with van der Waals surface area (Å²) in [5.41, 5.74) is 4.33. The van der Waals surface area contributed by atoms with Crippen molar-refractivity contribution in [2.75, 3.05) is 18.2 Å². The molecule has 3 heterocycles. The highest BCUT2D eigenvalue weighted by Gasteiger charge is 2.16. The highest BCUT2D eigenvalue weighted by molar-refractivity contribution is 8.00. The van der Waals surface area contributed by atoms with E-state index in [0.717, 1.165) is 16.8 Å². The first-order chi connectivity index (χ1) is 14.5. The molecular weight excluding hydrogens is 420 g/mol. The fourth-order valence-corrected chi connectivity index (χ4v) is 4.39. The molecule has 0 saturated carbocycles. The average Bonchev–Trinajstić information content (AvgIpc) is 3.39. The second kappa shape index (κ2) is 8.68. The van der Waals surface area contributed by atoms with Crippen LogP contribution in [0.3, 0.4) is 0 Å². The second-order valence-corrected chi connectivity index (χ2v) is 8.33. The number of aryl methyl sites for hydroxylation is 1. The smallest absolute Gasteiger partial charge is 0.350 e. The standard InChI is InChI=1S/C21H18N4O3S2/c1-13-3-5-14(6-4-13)16-11-17-20(22-8-9-25(17)24-16)30-12-18(26)23-15-7-10-29-19(15)21(27)28-2/h3-11H,12H2,1-2H3,(H,23,26). The second-order valence-electron chi connectivity index (χ2n) is 6.45. The van der Waals surface area contributed by atoms with Gasteiger partial charge in [0.15, 0.2) is 0 Å². The molecule has 0 unspecified atom stereocenters. The summed E-state index contributed by atoms with van der Waals surface area (Å²) >= 11 is 2.54. The molecule has 0 aliphatic rings. The molecule has 0 radical (unpaired) electrons. The number of benzene rings is 1. The van der Waals surface area contributed by atoms with Gasteiger partial charge in [-0.05, 0) is 24.4 Å². The number of nitrogens with zero attached hydrogens (tertiary/aromatic N) is 3. The number of ether oxygens (including phenoxy) is 1. The molecule has 0 atom stereocenters. The van der Waals surface area contributed by atoms with E-state index in [1.165, 1.54) is 35.8 Å². The Morgan fingerprint density at radius 1 is 1.23 bits per heavy atom. The molecule has 0 spiro atoms. The Hall–Kier alpha value is -3.17. The van der Waals surface area contributed by atoms with E-state index in [-0.39, 0.29) is 11.7 Å². The third kappa shape index (κ3) is 4.22. The molecule has 4 aromatic rings. The number of methoxy groups -OCH3 is 1. The monoisotopic (exact) mass is 438 g/mol. The summed E-state index contributed by atoms with van der Waals surface area (Å²) in [4.78, 5) is 28.9. The fraction of sp³-hybridized carbons (Fsp3) is 0.143. The molecular formula is C21H18N4O3S2. The number of nitrogens with one attached hydrogen (secondary N) is 1. The molecule has 0 fully saturated rings. The Labute approximate surface area is 181 Å². The van der Waals surface area contributed by atoms with Crippen molar-refractivity contribution >= 4 is 46.2 Å². The molecule has 1 aromatic carbocycles. The van der Waals surface area contributed by atoms with E-state index in [2.05, 4.69) is 15.4 Å². The van der Waals surface area contributed by atoms with E-state index in [1.807, 2.05) is 37.3 Å². The highest BCUT2D eigenvalue weighted by atomic mass is 32.2. The molecule has 0 saturated heterocycles. The number of carbonyl (C=O) groups excluding carboxylic acids is 2. The number of rotatable bonds is 6. The topological polar surface area (TPSA) is 85.6 Å². The molecule has 0 bridgehead atoms. The van der Waals surface area contributed by atoms with Crippen molar-refractivity contribution in [1.29, 1.82) is 0 Å². The summed E-state index contributed by atoms with van der Waals surface area (Å²) in [6.45, 7) is 2.04. The largest absolute Gasteiger partial charge is 0.465 e. The lowest BCUT2D eigenvalue weighted by molar-refractivity contribution is -0.113. The third-order valence-corrected chi connectivity index (χ3v) is 6.24. The van der Waals surface area contributed by atoms with Crippen molar-refractivity contribution in [3.8, 4) is 11.3 Å². The van der Waals surface area contributed by atoms with Crippen LogP contribution in [0.25, 0.3) is 16.8 Å². The van der Waals surface area contributed by atoms with Crippen molar-refractivity contribution in [3.63, 3.8) is 0 Å². The van der Waals surface area contributed by atoms with Crippen LogP contribution in [0.4, 0.5) is 5.69 Å². The maximum absolute atomic E-state index is 12.4. The quantitative estimate of drug-likeness (QED) is 0.357. The number of anilines is 1. The Morgan fingerprint density at radius 2 is 2.03 bits per heavy atom. The maximum Gasteiger partial charge on any atom is 0.350 e. The van der Waals surface area contributed by atoms with Gasteiger partial charge in [-0.25, -0.2) is 14.3 Å². The van der Waals surface area contributed by atoms with Crippen LogP contribution in [-0.4, -0.2) is 39.3 Å². The van der Waals surface area contributed by atoms with Gasteiger partial charge in [-0.2, -0.15) is 5.10 Å². The van der Waals surface area contributed by atoms with E-state index in [1.54, 1.807) is 28.4 Å². The molecule has 4 rings (SSSR count). The van der Waals surface area contributed by atoms with E-state index in [9.17, 15) is 9.59 Å². The van der Waals surface area contributed by atoms with Crippen molar-refractivity contribution in [1.82, 2.24) is 14.6 Å². The van der Waals surface area contributed by atoms with Gasteiger partial charge in [-0.1, -0.05) is 41.6 Å².